The van der Waals surface area contributed by atoms with E-state index in [0.717, 1.165) is 23.5 Å². The molecule has 9 heteroatoms. The predicted octanol–water partition coefficient (Wildman–Crippen LogP) is 4.32. The van der Waals surface area contributed by atoms with Gasteiger partial charge in [-0.05, 0) is 30.3 Å². The van der Waals surface area contributed by atoms with E-state index in [1.54, 1.807) is 7.11 Å². The molecule has 1 aliphatic rings. The smallest absolute Gasteiger partial charge is 0.417 e. The molecule has 1 saturated heterocycles. The fraction of sp³-hybridized carbons (Fsp3) is 0.304. The second kappa shape index (κ2) is 9.04. The van der Waals surface area contributed by atoms with Crippen molar-refractivity contribution in [1.29, 1.82) is 0 Å². The Morgan fingerprint density at radius 1 is 1.12 bits per heavy atom. The largest absolute Gasteiger partial charge is 0.496 e. The summed E-state index contributed by atoms with van der Waals surface area (Å²) in [5, 5.41) is 9.92. The number of para-hydroxylation sites is 1. The second-order valence-electron chi connectivity index (χ2n) is 7.38. The number of rotatable bonds is 6. The highest BCUT2D eigenvalue weighted by molar-refractivity contribution is 5.69. The zero-order valence-corrected chi connectivity index (χ0v) is 17.3. The molecule has 4 rings (SSSR count). The number of methoxy groups -OCH3 is 1. The van der Waals surface area contributed by atoms with Crippen LogP contribution in [0.25, 0.3) is 11.3 Å². The van der Waals surface area contributed by atoms with Crippen LogP contribution in [-0.2, 0) is 12.8 Å². The van der Waals surface area contributed by atoms with Crippen molar-refractivity contribution in [2.24, 2.45) is 0 Å². The van der Waals surface area contributed by atoms with Gasteiger partial charge in [0, 0.05) is 30.8 Å². The van der Waals surface area contributed by atoms with Crippen LogP contribution in [0.1, 0.15) is 17.7 Å². The van der Waals surface area contributed by atoms with E-state index >= 15 is 0 Å². The van der Waals surface area contributed by atoms with Crippen molar-refractivity contribution in [3.05, 3.63) is 66.0 Å². The zero-order valence-electron chi connectivity index (χ0n) is 17.3. The van der Waals surface area contributed by atoms with E-state index in [1.165, 1.54) is 6.07 Å². The summed E-state index contributed by atoms with van der Waals surface area (Å²) in [6.45, 7) is 0.931. The third-order valence-corrected chi connectivity index (χ3v) is 5.32. The van der Waals surface area contributed by atoms with E-state index in [2.05, 4.69) is 9.97 Å². The molecule has 0 aliphatic carbocycles. The molecule has 0 spiro atoms. The van der Waals surface area contributed by atoms with Crippen LogP contribution in [0.5, 0.6) is 11.6 Å². The number of nitrogens with zero attached hydrogens (tertiary/aromatic N) is 3. The molecular weight excluding hydrogens is 423 g/mol. The Morgan fingerprint density at radius 2 is 1.94 bits per heavy atom. The lowest BCUT2D eigenvalue weighted by Gasteiger charge is -2.22. The molecule has 1 aromatic carbocycles. The number of benzene rings is 1. The van der Waals surface area contributed by atoms with Crippen molar-refractivity contribution in [3.63, 3.8) is 0 Å². The van der Waals surface area contributed by atoms with Crippen LogP contribution in [0.4, 0.5) is 18.9 Å². The summed E-state index contributed by atoms with van der Waals surface area (Å²) in [5.74, 6) is 0.840. The number of hydrogen-bond donors (Lipinski definition) is 1. The molecule has 1 fully saturated rings. The van der Waals surface area contributed by atoms with Crippen LogP contribution in [0.15, 0.2) is 54.7 Å². The molecule has 0 amide bonds. The van der Waals surface area contributed by atoms with Crippen LogP contribution in [0.2, 0.25) is 0 Å². The van der Waals surface area contributed by atoms with Crippen LogP contribution in [0.3, 0.4) is 0 Å². The van der Waals surface area contributed by atoms with Gasteiger partial charge in [0.25, 0.3) is 0 Å². The molecule has 3 heterocycles. The second-order valence-corrected chi connectivity index (χ2v) is 7.38. The van der Waals surface area contributed by atoms with Gasteiger partial charge in [-0.25, -0.2) is 9.97 Å². The van der Waals surface area contributed by atoms with E-state index in [-0.39, 0.29) is 18.6 Å². The van der Waals surface area contributed by atoms with Crippen molar-refractivity contribution >= 4 is 5.69 Å². The molecule has 1 atom stereocenters. The first kappa shape index (κ1) is 21.9. The van der Waals surface area contributed by atoms with Crippen molar-refractivity contribution < 1.29 is 27.8 Å². The standard InChI is InChI=1S/C23H22F3N3O3/c1-31-21-5-3-2-4-17(21)18-7-8-20(19(14-30)28-18)29-11-10-16(13-29)32-22-9-6-15(12-27-22)23(24,25)26/h2-9,12,16,30H,10-11,13-14H2,1H3. The fourth-order valence-corrected chi connectivity index (χ4v) is 3.74. The summed E-state index contributed by atoms with van der Waals surface area (Å²) < 4.78 is 49.3. The van der Waals surface area contributed by atoms with E-state index in [0.29, 0.717) is 36.6 Å². The average Bonchev–Trinajstić information content (AvgIpc) is 3.26. The maximum Gasteiger partial charge on any atom is 0.417 e. The Kier molecular flexibility index (Phi) is 6.18. The van der Waals surface area contributed by atoms with Gasteiger partial charge in [0.05, 0.1) is 42.9 Å². The van der Waals surface area contributed by atoms with E-state index in [1.807, 2.05) is 41.3 Å². The van der Waals surface area contributed by atoms with Gasteiger partial charge in [0.15, 0.2) is 0 Å². The molecule has 3 aromatic rings. The number of aliphatic hydroxyl groups is 1. The number of pyridine rings is 2. The summed E-state index contributed by atoms with van der Waals surface area (Å²) >= 11 is 0. The third kappa shape index (κ3) is 4.62. The number of aromatic nitrogens is 2. The minimum atomic E-state index is -4.43. The third-order valence-electron chi connectivity index (χ3n) is 5.32. The van der Waals surface area contributed by atoms with Crippen molar-refractivity contribution in [2.45, 2.75) is 25.3 Å². The van der Waals surface area contributed by atoms with Gasteiger partial charge in [-0.3, -0.25) is 0 Å². The van der Waals surface area contributed by atoms with Gasteiger partial charge in [-0.1, -0.05) is 12.1 Å². The molecule has 0 bridgehead atoms. The number of aliphatic hydroxyl groups excluding tert-OH is 1. The van der Waals surface area contributed by atoms with E-state index < -0.39 is 11.7 Å². The lowest BCUT2D eigenvalue weighted by Crippen LogP contribution is -2.26. The molecule has 2 aromatic heterocycles. The van der Waals surface area contributed by atoms with Crippen LogP contribution in [-0.4, -0.2) is 41.4 Å². The first-order chi connectivity index (χ1) is 15.4. The van der Waals surface area contributed by atoms with E-state index in [4.69, 9.17) is 9.47 Å². The van der Waals surface area contributed by atoms with Crippen molar-refractivity contribution in [3.8, 4) is 22.9 Å². The first-order valence-electron chi connectivity index (χ1n) is 10.1. The summed E-state index contributed by atoms with van der Waals surface area (Å²) in [6, 6.07) is 13.5. The topological polar surface area (TPSA) is 67.7 Å². The molecular formula is C23H22F3N3O3. The number of halogens is 3. The number of ether oxygens (including phenoxy) is 2. The van der Waals surface area contributed by atoms with Gasteiger partial charge in [0.1, 0.15) is 11.9 Å². The Hall–Kier alpha value is -3.33. The van der Waals surface area contributed by atoms with Gasteiger partial charge in [-0.15, -0.1) is 0 Å². The lowest BCUT2D eigenvalue weighted by molar-refractivity contribution is -0.137. The van der Waals surface area contributed by atoms with Crippen LogP contribution < -0.4 is 14.4 Å². The van der Waals surface area contributed by atoms with E-state index in [9.17, 15) is 18.3 Å². The minimum absolute atomic E-state index is 0.150. The fourth-order valence-electron chi connectivity index (χ4n) is 3.74. The van der Waals surface area contributed by atoms with Crippen LogP contribution in [0, 0.1) is 0 Å². The monoisotopic (exact) mass is 445 g/mol. The Labute approximate surface area is 183 Å². The summed E-state index contributed by atoms with van der Waals surface area (Å²) in [6.07, 6.45) is -3.23. The molecule has 1 unspecified atom stereocenters. The maximum atomic E-state index is 12.7. The summed E-state index contributed by atoms with van der Waals surface area (Å²) in [5.41, 5.74) is 2.02. The molecule has 6 nitrogen and oxygen atoms in total. The Bertz CT molecular complexity index is 1070. The predicted molar refractivity (Wildman–Crippen MR) is 113 cm³/mol. The molecule has 0 saturated carbocycles. The van der Waals surface area contributed by atoms with Gasteiger partial charge in [-0.2, -0.15) is 13.2 Å². The maximum absolute atomic E-state index is 12.7. The van der Waals surface area contributed by atoms with Crippen molar-refractivity contribution in [2.75, 3.05) is 25.1 Å². The summed E-state index contributed by atoms with van der Waals surface area (Å²) in [4.78, 5) is 10.4. The SMILES string of the molecule is COc1ccccc1-c1ccc(N2CCC(Oc3ccc(C(F)(F)F)cn3)C2)c(CO)n1. The highest BCUT2D eigenvalue weighted by Gasteiger charge is 2.31. The molecule has 1 aliphatic heterocycles. The normalized spacial score (nSPS) is 16.3. The zero-order chi connectivity index (χ0) is 22.7. The van der Waals surface area contributed by atoms with Crippen LogP contribution >= 0.6 is 0 Å². The van der Waals surface area contributed by atoms with Gasteiger partial charge in [0.2, 0.25) is 5.88 Å². The number of alkyl halides is 3. The first-order valence-corrected chi connectivity index (χ1v) is 10.1. The molecule has 168 valence electrons. The highest BCUT2D eigenvalue weighted by atomic mass is 19.4. The van der Waals surface area contributed by atoms with Crippen molar-refractivity contribution in [1.82, 2.24) is 9.97 Å². The Balaban J connectivity index is 1.48. The minimum Gasteiger partial charge on any atom is -0.496 e. The molecule has 32 heavy (non-hydrogen) atoms. The van der Waals surface area contributed by atoms with Gasteiger partial charge < -0.3 is 19.5 Å². The molecule has 0 radical (unpaired) electrons. The highest BCUT2D eigenvalue weighted by Crippen LogP contribution is 2.33. The average molecular weight is 445 g/mol. The lowest BCUT2D eigenvalue weighted by atomic mass is 10.1. The Morgan fingerprint density at radius 3 is 2.62 bits per heavy atom. The number of anilines is 1. The van der Waals surface area contributed by atoms with Gasteiger partial charge >= 0.3 is 6.18 Å². The number of hydrogen-bond acceptors (Lipinski definition) is 6. The molecule has 1 N–H and O–H groups in total. The summed E-state index contributed by atoms with van der Waals surface area (Å²) in [7, 11) is 1.59. The quantitative estimate of drug-likeness (QED) is 0.610.